The summed E-state index contributed by atoms with van der Waals surface area (Å²) in [6.45, 7) is 0.440. The number of amides is 1. The molecule has 1 fully saturated rings. The van der Waals surface area contributed by atoms with Crippen molar-refractivity contribution in [2.24, 2.45) is 0 Å². The summed E-state index contributed by atoms with van der Waals surface area (Å²) in [7, 11) is -2.38. The summed E-state index contributed by atoms with van der Waals surface area (Å²) in [5.74, 6) is -1.12. The highest BCUT2D eigenvalue weighted by Gasteiger charge is 2.31. The molecule has 1 amide bonds. The van der Waals surface area contributed by atoms with Gasteiger partial charge in [-0.15, -0.1) is 0 Å². The van der Waals surface area contributed by atoms with E-state index >= 15 is 0 Å². The Morgan fingerprint density at radius 1 is 1.30 bits per heavy atom. The van der Waals surface area contributed by atoms with Crippen LogP contribution in [0.1, 0.15) is 6.42 Å². The summed E-state index contributed by atoms with van der Waals surface area (Å²) in [4.78, 5) is 12.8. The van der Waals surface area contributed by atoms with Crippen molar-refractivity contribution in [1.82, 2.24) is 9.21 Å². The van der Waals surface area contributed by atoms with Crippen molar-refractivity contribution in [3.8, 4) is 0 Å². The molecule has 0 radical (unpaired) electrons. The van der Waals surface area contributed by atoms with Gasteiger partial charge in [-0.25, -0.2) is 12.8 Å². The van der Waals surface area contributed by atoms with E-state index in [1.807, 2.05) is 0 Å². The van der Waals surface area contributed by atoms with Crippen LogP contribution in [0.3, 0.4) is 0 Å². The zero-order valence-electron chi connectivity index (χ0n) is 10.8. The quantitative estimate of drug-likeness (QED) is 0.797. The third-order valence-electron chi connectivity index (χ3n) is 3.15. The molecular formula is C12H14BrFN2O3S. The molecule has 0 atom stereocenters. The summed E-state index contributed by atoms with van der Waals surface area (Å²) in [5.41, 5.74) is 0. The molecule has 8 heteroatoms. The highest BCUT2D eigenvalue weighted by Crippen LogP contribution is 2.23. The van der Waals surface area contributed by atoms with Crippen LogP contribution >= 0.6 is 15.9 Å². The Labute approximate surface area is 125 Å². The standard InChI is InChI=1S/C12H14BrFN2O3S/c1-15-5-2-6-16(8-12(15)17)20(18,19)11-4-3-9(13)7-10(11)14/h3-4,7H,2,5-6,8H2,1H3. The fourth-order valence-corrected chi connectivity index (χ4v) is 3.79. The minimum Gasteiger partial charge on any atom is -0.345 e. The van der Waals surface area contributed by atoms with Gasteiger partial charge in [0.1, 0.15) is 10.7 Å². The number of carbonyl (C=O) groups is 1. The van der Waals surface area contributed by atoms with Crippen molar-refractivity contribution >= 4 is 31.9 Å². The summed E-state index contributed by atoms with van der Waals surface area (Å²) in [6, 6.07) is 3.76. The lowest BCUT2D eigenvalue weighted by atomic mass is 10.3. The van der Waals surface area contributed by atoms with Gasteiger partial charge in [0.15, 0.2) is 0 Å². The third-order valence-corrected chi connectivity index (χ3v) is 5.52. The predicted octanol–water partition coefficient (Wildman–Crippen LogP) is 1.44. The highest BCUT2D eigenvalue weighted by atomic mass is 79.9. The smallest absolute Gasteiger partial charge is 0.246 e. The molecule has 1 aromatic carbocycles. The molecule has 0 aliphatic carbocycles. The monoisotopic (exact) mass is 364 g/mol. The van der Waals surface area contributed by atoms with Crippen molar-refractivity contribution < 1.29 is 17.6 Å². The van der Waals surface area contributed by atoms with Gasteiger partial charge < -0.3 is 4.90 Å². The molecule has 1 aliphatic rings. The maximum atomic E-state index is 13.8. The van der Waals surface area contributed by atoms with Crippen molar-refractivity contribution in [2.45, 2.75) is 11.3 Å². The lowest BCUT2D eigenvalue weighted by molar-refractivity contribution is -0.129. The third kappa shape index (κ3) is 3.02. The number of carbonyl (C=O) groups excluding carboxylic acids is 1. The van der Waals surface area contributed by atoms with Crippen LogP contribution in [0.25, 0.3) is 0 Å². The minimum absolute atomic E-state index is 0.202. The van der Waals surface area contributed by atoms with Gasteiger partial charge in [0.05, 0.1) is 6.54 Å². The Morgan fingerprint density at radius 2 is 2.00 bits per heavy atom. The van der Waals surface area contributed by atoms with Crippen LogP contribution < -0.4 is 0 Å². The number of likely N-dealkylation sites (N-methyl/N-ethyl adjacent to an activating group) is 1. The van der Waals surface area contributed by atoms with E-state index in [0.29, 0.717) is 17.4 Å². The topological polar surface area (TPSA) is 57.7 Å². The zero-order valence-corrected chi connectivity index (χ0v) is 13.2. The Morgan fingerprint density at radius 3 is 2.65 bits per heavy atom. The van der Waals surface area contributed by atoms with E-state index < -0.39 is 20.7 Å². The minimum atomic E-state index is -4.00. The fraction of sp³-hybridized carbons (Fsp3) is 0.417. The SMILES string of the molecule is CN1CCCN(S(=O)(=O)c2ccc(Br)cc2F)CC1=O. The van der Waals surface area contributed by atoms with Gasteiger partial charge in [-0.2, -0.15) is 4.31 Å². The molecule has 1 aromatic rings. The Hall–Kier alpha value is -0.990. The van der Waals surface area contributed by atoms with Crippen LogP contribution in [-0.4, -0.2) is 50.2 Å². The van der Waals surface area contributed by atoms with Gasteiger partial charge in [0.2, 0.25) is 15.9 Å². The summed E-state index contributed by atoms with van der Waals surface area (Å²) in [5, 5.41) is 0. The number of nitrogens with zero attached hydrogens (tertiary/aromatic N) is 2. The first-order valence-electron chi connectivity index (χ1n) is 6.01. The molecule has 0 bridgehead atoms. The van der Waals surface area contributed by atoms with Crippen molar-refractivity contribution in [3.05, 3.63) is 28.5 Å². The maximum Gasteiger partial charge on any atom is 0.246 e. The van der Waals surface area contributed by atoms with E-state index in [4.69, 9.17) is 0 Å². The Balaban J connectivity index is 2.36. The average Bonchev–Trinajstić information content (AvgIpc) is 2.52. The van der Waals surface area contributed by atoms with Crippen LogP contribution in [-0.2, 0) is 14.8 Å². The zero-order chi connectivity index (χ0) is 14.9. The predicted molar refractivity (Wildman–Crippen MR) is 75.1 cm³/mol. The number of benzene rings is 1. The van der Waals surface area contributed by atoms with Crippen LogP contribution in [0, 0.1) is 5.82 Å². The van der Waals surface area contributed by atoms with Crippen molar-refractivity contribution in [2.75, 3.05) is 26.7 Å². The van der Waals surface area contributed by atoms with E-state index in [0.717, 1.165) is 10.4 Å². The maximum absolute atomic E-state index is 13.8. The fourth-order valence-electron chi connectivity index (χ4n) is 1.99. The van der Waals surface area contributed by atoms with E-state index in [-0.39, 0.29) is 19.0 Å². The summed E-state index contributed by atoms with van der Waals surface area (Å²) in [6.07, 6.45) is 0.527. The number of hydrogen-bond donors (Lipinski definition) is 0. The second-order valence-corrected chi connectivity index (χ2v) is 7.40. The molecule has 0 spiro atoms. The van der Waals surface area contributed by atoms with Gasteiger partial charge in [-0.3, -0.25) is 4.79 Å². The number of rotatable bonds is 2. The van der Waals surface area contributed by atoms with Gasteiger partial charge in [0, 0.05) is 24.6 Å². The molecule has 20 heavy (non-hydrogen) atoms. The molecule has 2 rings (SSSR count). The highest BCUT2D eigenvalue weighted by molar-refractivity contribution is 9.10. The van der Waals surface area contributed by atoms with E-state index in [1.54, 1.807) is 7.05 Å². The lowest BCUT2D eigenvalue weighted by Crippen LogP contribution is -2.38. The number of halogens is 2. The van der Waals surface area contributed by atoms with E-state index in [9.17, 15) is 17.6 Å². The summed E-state index contributed by atoms with van der Waals surface area (Å²) < 4.78 is 40.2. The number of hydrogen-bond acceptors (Lipinski definition) is 3. The van der Waals surface area contributed by atoms with Crippen molar-refractivity contribution in [3.63, 3.8) is 0 Å². The first kappa shape index (κ1) is 15.4. The average molecular weight is 365 g/mol. The van der Waals surface area contributed by atoms with Gasteiger partial charge >= 0.3 is 0 Å². The van der Waals surface area contributed by atoms with Crippen molar-refractivity contribution in [1.29, 1.82) is 0 Å². The molecule has 5 nitrogen and oxygen atoms in total. The first-order chi connectivity index (χ1) is 9.32. The molecule has 110 valence electrons. The van der Waals surface area contributed by atoms with Crippen LogP contribution in [0.15, 0.2) is 27.6 Å². The lowest BCUT2D eigenvalue weighted by Gasteiger charge is -2.19. The Bertz CT molecular complexity index is 636. The molecule has 0 aromatic heterocycles. The second-order valence-electron chi connectivity index (χ2n) is 4.58. The molecule has 1 heterocycles. The molecule has 0 N–H and O–H groups in total. The largest absolute Gasteiger partial charge is 0.345 e. The van der Waals surface area contributed by atoms with Gasteiger partial charge in [-0.05, 0) is 24.6 Å². The Kier molecular flexibility index (Phi) is 4.46. The normalized spacial score (nSPS) is 18.1. The van der Waals surface area contributed by atoms with Gasteiger partial charge in [0.25, 0.3) is 0 Å². The molecule has 1 saturated heterocycles. The first-order valence-corrected chi connectivity index (χ1v) is 8.25. The van der Waals surface area contributed by atoms with Crippen LogP contribution in [0.5, 0.6) is 0 Å². The number of sulfonamides is 1. The summed E-state index contributed by atoms with van der Waals surface area (Å²) >= 11 is 3.08. The van der Waals surface area contributed by atoms with E-state index in [1.165, 1.54) is 17.0 Å². The van der Waals surface area contributed by atoms with Crippen LogP contribution in [0.4, 0.5) is 4.39 Å². The van der Waals surface area contributed by atoms with Gasteiger partial charge in [-0.1, -0.05) is 15.9 Å². The van der Waals surface area contributed by atoms with E-state index in [2.05, 4.69) is 15.9 Å². The molecule has 0 saturated carbocycles. The second kappa shape index (κ2) is 5.79. The molecular weight excluding hydrogens is 351 g/mol. The molecule has 0 unspecified atom stereocenters. The molecule has 1 aliphatic heterocycles. The van der Waals surface area contributed by atoms with Crippen LogP contribution in [0.2, 0.25) is 0 Å².